The number of rotatable bonds is 3. The average molecular weight is 301 g/mol. The molecule has 0 bridgehead atoms. The fourth-order valence-electron chi connectivity index (χ4n) is 2.01. The zero-order chi connectivity index (χ0) is 14.8. The highest BCUT2D eigenvalue weighted by atomic mass is 32.2. The highest BCUT2D eigenvalue weighted by molar-refractivity contribution is 7.98. The van der Waals surface area contributed by atoms with Gasteiger partial charge in [0.05, 0.1) is 0 Å². The monoisotopic (exact) mass is 301 g/mol. The van der Waals surface area contributed by atoms with Crippen molar-refractivity contribution in [2.45, 2.75) is 10.8 Å². The summed E-state index contributed by atoms with van der Waals surface area (Å²) >= 11 is 1.34. The van der Waals surface area contributed by atoms with Crippen molar-refractivity contribution in [2.24, 2.45) is 0 Å². The van der Waals surface area contributed by atoms with Crippen LogP contribution in [-0.4, -0.2) is 5.11 Å². The van der Waals surface area contributed by atoms with E-state index in [-0.39, 0.29) is 5.75 Å². The highest BCUT2D eigenvalue weighted by Crippen LogP contribution is 2.26. The van der Waals surface area contributed by atoms with E-state index in [0.717, 1.165) is 15.7 Å². The van der Waals surface area contributed by atoms with Gasteiger partial charge >= 0.3 is 5.63 Å². The maximum Gasteiger partial charge on any atom is 0.336 e. The fraction of sp³-hybridized carbons (Fsp3) is 0.0667. The lowest BCUT2D eigenvalue weighted by Gasteiger charge is -2.06. The summed E-state index contributed by atoms with van der Waals surface area (Å²) < 4.78 is 5.85. The van der Waals surface area contributed by atoms with E-state index < -0.39 is 5.63 Å². The number of phenols is 1. The van der Waals surface area contributed by atoms with Gasteiger partial charge < -0.3 is 14.7 Å². The maximum absolute atomic E-state index is 11.6. The van der Waals surface area contributed by atoms with Gasteiger partial charge in [-0.25, -0.2) is 4.79 Å². The molecule has 0 atom stereocenters. The second-order valence-corrected chi connectivity index (χ2v) is 5.42. The summed E-state index contributed by atoms with van der Waals surface area (Å²) in [5.74, 6) is 0.495. The lowest BCUT2D eigenvalue weighted by molar-refractivity contribution is -0.645. The van der Waals surface area contributed by atoms with Gasteiger partial charge in [-0.2, -0.15) is 4.73 Å². The van der Waals surface area contributed by atoms with E-state index in [4.69, 9.17) is 4.42 Å². The van der Waals surface area contributed by atoms with Crippen molar-refractivity contribution >= 4 is 22.7 Å². The van der Waals surface area contributed by atoms with E-state index in [0.29, 0.717) is 16.4 Å². The number of benzene rings is 1. The first kappa shape index (κ1) is 13.5. The largest absolute Gasteiger partial charge is 0.618 e. The van der Waals surface area contributed by atoms with Crippen molar-refractivity contribution in [2.75, 3.05) is 0 Å². The standard InChI is InChI=1S/C15H11NO4S/c17-11-4-5-12-10(7-15(18)20-13(12)8-11)9-21-14-3-1-2-6-16(14)19/h1-8,17H,9H2. The number of aromatic hydroxyl groups is 1. The molecule has 0 aliphatic rings. The van der Waals surface area contributed by atoms with Gasteiger partial charge in [-0.1, -0.05) is 11.8 Å². The number of hydrogen-bond donors (Lipinski definition) is 1. The molecule has 0 radical (unpaired) electrons. The first-order valence-corrected chi connectivity index (χ1v) is 7.19. The number of hydrogen-bond acceptors (Lipinski definition) is 5. The Morgan fingerprint density at radius 1 is 1.24 bits per heavy atom. The summed E-state index contributed by atoms with van der Waals surface area (Å²) in [4.78, 5) is 11.6. The SMILES string of the molecule is O=c1cc(CSc2cccc[n+]2[O-])c2ccc(O)cc2o1. The van der Waals surface area contributed by atoms with Crippen LogP contribution in [0.1, 0.15) is 5.56 Å². The van der Waals surface area contributed by atoms with Crippen LogP contribution >= 0.6 is 11.8 Å². The molecule has 1 aromatic carbocycles. The molecule has 0 spiro atoms. The van der Waals surface area contributed by atoms with Crippen molar-refractivity contribution in [1.29, 1.82) is 0 Å². The molecule has 0 unspecified atom stereocenters. The Morgan fingerprint density at radius 2 is 2.10 bits per heavy atom. The topological polar surface area (TPSA) is 77.4 Å². The van der Waals surface area contributed by atoms with Crippen molar-refractivity contribution in [3.63, 3.8) is 0 Å². The third-order valence-corrected chi connectivity index (χ3v) is 4.05. The van der Waals surface area contributed by atoms with E-state index in [2.05, 4.69) is 0 Å². The fourth-order valence-corrected chi connectivity index (χ4v) is 2.92. The minimum atomic E-state index is -0.480. The predicted molar refractivity (Wildman–Crippen MR) is 79.1 cm³/mol. The van der Waals surface area contributed by atoms with Crippen molar-refractivity contribution in [3.8, 4) is 5.75 Å². The lowest BCUT2D eigenvalue weighted by Crippen LogP contribution is -2.27. The number of thioether (sulfide) groups is 1. The van der Waals surface area contributed by atoms with E-state index in [9.17, 15) is 15.1 Å². The second-order valence-electron chi connectivity index (χ2n) is 4.42. The molecule has 1 N–H and O–H groups in total. The molecule has 2 heterocycles. The summed E-state index contributed by atoms with van der Waals surface area (Å²) in [6, 6.07) is 11.2. The van der Waals surface area contributed by atoms with Crippen molar-refractivity contribution in [3.05, 3.63) is 69.9 Å². The molecule has 0 aliphatic carbocycles. The molecule has 0 fully saturated rings. The molecule has 2 aromatic heterocycles. The van der Waals surface area contributed by atoms with Gasteiger partial charge in [-0.3, -0.25) is 0 Å². The van der Waals surface area contributed by atoms with E-state index in [1.807, 2.05) is 0 Å². The Balaban J connectivity index is 1.97. The first-order valence-electron chi connectivity index (χ1n) is 6.20. The number of pyridine rings is 1. The first-order chi connectivity index (χ1) is 10.1. The molecule has 106 valence electrons. The minimum Gasteiger partial charge on any atom is -0.618 e. The normalized spacial score (nSPS) is 10.9. The van der Waals surface area contributed by atoms with Gasteiger partial charge in [0.25, 0.3) is 5.03 Å². The number of fused-ring (bicyclic) bond motifs is 1. The molecule has 3 aromatic rings. The van der Waals surface area contributed by atoms with Gasteiger partial charge in [-0.15, -0.1) is 0 Å². The predicted octanol–water partition coefficient (Wildman–Crippen LogP) is 2.42. The Bertz CT molecular complexity index is 860. The molecular formula is C15H11NO4S. The van der Waals surface area contributed by atoms with Crippen molar-refractivity contribution in [1.82, 2.24) is 0 Å². The second kappa shape index (κ2) is 5.49. The molecular weight excluding hydrogens is 290 g/mol. The van der Waals surface area contributed by atoms with E-state index in [1.165, 1.54) is 36.2 Å². The lowest BCUT2D eigenvalue weighted by atomic mass is 10.1. The Hall–Kier alpha value is -2.47. The highest BCUT2D eigenvalue weighted by Gasteiger charge is 2.10. The molecule has 5 nitrogen and oxygen atoms in total. The Labute approximate surface area is 124 Å². The van der Waals surface area contributed by atoms with Crippen LogP contribution in [0.25, 0.3) is 11.0 Å². The van der Waals surface area contributed by atoms with Gasteiger partial charge in [0, 0.05) is 35.4 Å². The van der Waals surface area contributed by atoms with Crippen LogP contribution in [0.15, 0.2) is 62.9 Å². The zero-order valence-corrected chi connectivity index (χ0v) is 11.7. The molecule has 3 rings (SSSR count). The quantitative estimate of drug-likeness (QED) is 0.348. The number of nitrogens with zero attached hydrogens (tertiary/aromatic N) is 1. The minimum absolute atomic E-state index is 0.0379. The zero-order valence-electron chi connectivity index (χ0n) is 10.9. The third-order valence-electron chi connectivity index (χ3n) is 2.98. The summed E-state index contributed by atoms with van der Waals surface area (Å²) in [6.45, 7) is 0. The average Bonchev–Trinajstić information content (AvgIpc) is 2.45. The number of aromatic nitrogens is 1. The van der Waals surface area contributed by atoms with Crippen LogP contribution in [0.2, 0.25) is 0 Å². The summed E-state index contributed by atoms with van der Waals surface area (Å²) in [7, 11) is 0. The van der Waals surface area contributed by atoms with Gasteiger partial charge in [-0.05, 0) is 23.8 Å². The number of phenolic OH excluding ortho intramolecular Hbond substituents is 1. The van der Waals surface area contributed by atoms with E-state index in [1.54, 1.807) is 24.3 Å². The molecule has 0 saturated heterocycles. The molecule has 21 heavy (non-hydrogen) atoms. The molecule has 0 aliphatic heterocycles. The van der Waals surface area contributed by atoms with Crippen LogP contribution in [0, 0.1) is 5.21 Å². The van der Waals surface area contributed by atoms with Crippen LogP contribution in [0.4, 0.5) is 0 Å². The third kappa shape index (κ3) is 2.85. The van der Waals surface area contributed by atoms with Gasteiger partial charge in [0.2, 0.25) is 0 Å². The maximum atomic E-state index is 11.6. The van der Waals surface area contributed by atoms with Crippen LogP contribution in [0.3, 0.4) is 0 Å². The summed E-state index contributed by atoms with van der Waals surface area (Å²) in [5.41, 5.74) is 0.614. The van der Waals surface area contributed by atoms with Gasteiger partial charge in [0.1, 0.15) is 11.3 Å². The molecule has 0 amide bonds. The van der Waals surface area contributed by atoms with Gasteiger partial charge in [0.15, 0.2) is 6.20 Å². The Kier molecular flexibility index (Phi) is 3.53. The smallest absolute Gasteiger partial charge is 0.336 e. The summed E-state index contributed by atoms with van der Waals surface area (Å²) in [6.07, 6.45) is 1.43. The van der Waals surface area contributed by atoms with Crippen molar-refractivity contribution < 1.29 is 14.3 Å². The summed E-state index contributed by atoms with van der Waals surface area (Å²) in [5, 5.41) is 22.3. The van der Waals surface area contributed by atoms with Crippen LogP contribution in [0.5, 0.6) is 5.75 Å². The Morgan fingerprint density at radius 3 is 2.90 bits per heavy atom. The molecule has 0 saturated carbocycles. The van der Waals surface area contributed by atoms with Crippen LogP contribution in [-0.2, 0) is 5.75 Å². The van der Waals surface area contributed by atoms with E-state index >= 15 is 0 Å². The van der Waals surface area contributed by atoms with Crippen LogP contribution < -0.4 is 10.4 Å². The molecule has 6 heteroatoms.